The lowest BCUT2D eigenvalue weighted by atomic mass is 9.84. The zero-order valence-corrected chi connectivity index (χ0v) is 16.5. The van der Waals surface area contributed by atoms with Crippen molar-refractivity contribution in [2.45, 2.75) is 4.87 Å². The van der Waals surface area contributed by atoms with E-state index >= 15 is 0 Å². The molecule has 0 amide bonds. The molecule has 0 saturated carbocycles. The Morgan fingerprint density at radius 1 is 0.500 bits per heavy atom. The molecule has 28 heavy (non-hydrogen) atoms. The maximum absolute atomic E-state index is 7.12. The Balaban J connectivity index is 0.000000236. The topological polar surface area (TPSA) is 0 Å². The van der Waals surface area contributed by atoms with E-state index in [1.807, 2.05) is 91.0 Å². The van der Waals surface area contributed by atoms with Crippen molar-refractivity contribution in [3.63, 3.8) is 0 Å². The van der Waals surface area contributed by atoms with Crippen LogP contribution in [-0.4, -0.2) is 0 Å². The van der Waals surface area contributed by atoms with Gasteiger partial charge in [-0.1, -0.05) is 134 Å². The lowest BCUT2D eigenvalue weighted by Gasteiger charge is -2.29. The Hall–Kier alpha value is -3.09. The summed E-state index contributed by atoms with van der Waals surface area (Å²) in [4.78, 5) is -0.649. The lowest BCUT2D eigenvalue weighted by molar-refractivity contribution is 0.879. The molecule has 0 bridgehead atoms. The van der Waals surface area contributed by atoms with E-state index in [4.69, 9.17) is 11.6 Å². The zero-order chi connectivity index (χ0) is 19.7. The quantitative estimate of drug-likeness (QED) is 0.252. The molecule has 0 nitrogen and oxygen atoms in total. The number of hydrogen-bond donors (Lipinski definition) is 0. The highest BCUT2D eigenvalue weighted by Gasteiger charge is 2.33. The van der Waals surface area contributed by atoms with Gasteiger partial charge in [-0.25, -0.2) is 0 Å². The Bertz CT molecular complexity index is 865. The normalized spacial score (nSPS) is 10.5. The summed E-state index contributed by atoms with van der Waals surface area (Å²) in [5.74, 6) is 0. The van der Waals surface area contributed by atoms with Crippen molar-refractivity contribution < 1.29 is 0 Å². The molecular formula is C27H23Cl. The lowest BCUT2D eigenvalue weighted by Crippen LogP contribution is -2.22. The van der Waals surface area contributed by atoms with Crippen LogP contribution in [0.5, 0.6) is 0 Å². The van der Waals surface area contributed by atoms with Crippen LogP contribution in [0.2, 0.25) is 0 Å². The molecule has 0 aliphatic rings. The minimum atomic E-state index is -0.649. The van der Waals surface area contributed by atoms with Gasteiger partial charge < -0.3 is 0 Å². The highest BCUT2D eigenvalue weighted by molar-refractivity contribution is 6.28. The SMILES string of the molecule is C=Cc1ccccc1.ClC(c1ccccc1)(c1ccccc1)c1ccccc1. The van der Waals surface area contributed by atoms with E-state index in [0.717, 1.165) is 16.7 Å². The van der Waals surface area contributed by atoms with Gasteiger partial charge in [-0.3, -0.25) is 0 Å². The number of rotatable bonds is 4. The van der Waals surface area contributed by atoms with Crippen molar-refractivity contribution in [2.75, 3.05) is 0 Å². The Morgan fingerprint density at radius 3 is 1.04 bits per heavy atom. The zero-order valence-electron chi connectivity index (χ0n) is 15.7. The van der Waals surface area contributed by atoms with Crippen LogP contribution in [0.1, 0.15) is 22.3 Å². The van der Waals surface area contributed by atoms with Crippen molar-refractivity contribution in [3.8, 4) is 0 Å². The molecule has 0 atom stereocenters. The molecule has 0 radical (unpaired) electrons. The second-order valence-electron chi connectivity index (χ2n) is 6.37. The molecule has 0 aromatic heterocycles. The minimum absolute atomic E-state index is 0.649. The molecule has 0 unspecified atom stereocenters. The molecular weight excluding hydrogens is 360 g/mol. The molecule has 1 heteroatoms. The molecule has 4 rings (SSSR count). The Kier molecular flexibility index (Phi) is 6.84. The molecule has 4 aromatic carbocycles. The summed E-state index contributed by atoms with van der Waals surface area (Å²) in [5.41, 5.74) is 4.42. The molecule has 4 aromatic rings. The van der Waals surface area contributed by atoms with Crippen molar-refractivity contribution in [1.29, 1.82) is 0 Å². The van der Waals surface area contributed by atoms with Gasteiger partial charge in [-0.05, 0) is 22.3 Å². The fourth-order valence-corrected chi connectivity index (χ4v) is 3.47. The van der Waals surface area contributed by atoms with E-state index in [9.17, 15) is 0 Å². The first-order chi connectivity index (χ1) is 13.7. The maximum Gasteiger partial charge on any atom is 0.119 e. The van der Waals surface area contributed by atoms with Gasteiger partial charge in [-0.2, -0.15) is 0 Å². The molecule has 0 fully saturated rings. The fourth-order valence-electron chi connectivity index (χ4n) is 3.09. The summed E-state index contributed by atoms with van der Waals surface area (Å²) in [5, 5.41) is 0. The maximum atomic E-state index is 7.12. The smallest absolute Gasteiger partial charge is 0.104 e. The summed E-state index contributed by atoms with van der Waals surface area (Å²) < 4.78 is 0. The third-order valence-corrected chi connectivity index (χ3v) is 5.20. The molecule has 0 heterocycles. The van der Waals surface area contributed by atoms with Crippen molar-refractivity contribution in [1.82, 2.24) is 0 Å². The highest BCUT2D eigenvalue weighted by atomic mass is 35.5. The number of hydrogen-bond acceptors (Lipinski definition) is 0. The number of halogens is 1. The van der Waals surface area contributed by atoms with Crippen molar-refractivity contribution in [2.24, 2.45) is 0 Å². The first-order valence-electron chi connectivity index (χ1n) is 9.28. The standard InChI is InChI=1S/C19H15Cl.C8H8/c20-19(16-10-4-1-5-11-16,17-12-6-2-7-13-17)18-14-8-3-9-15-18;1-2-8-6-4-3-5-7-8/h1-15H;2-7H,1H2. The summed E-state index contributed by atoms with van der Waals surface area (Å²) in [7, 11) is 0. The Labute approximate surface area is 172 Å². The van der Waals surface area contributed by atoms with Crippen LogP contribution < -0.4 is 0 Å². The van der Waals surface area contributed by atoms with E-state index in [0.29, 0.717) is 0 Å². The van der Waals surface area contributed by atoms with Gasteiger partial charge in [0.25, 0.3) is 0 Å². The van der Waals surface area contributed by atoms with Gasteiger partial charge >= 0.3 is 0 Å². The van der Waals surface area contributed by atoms with Crippen LogP contribution in [-0.2, 0) is 4.87 Å². The average Bonchev–Trinajstić information content (AvgIpc) is 2.81. The van der Waals surface area contributed by atoms with Gasteiger partial charge in [0.15, 0.2) is 0 Å². The monoisotopic (exact) mass is 382 g/mol. The van der Waals surface area contributed by atoms with Crippen LogP contribution in [0, 0.1) is 0 Å². The van der Waals surface area contributed by atoms with Crippen LogP contribution >= 0.6 is 11.6 Å². The summed E-state index contributed by atoms with van der Waals surface area (Å²) in [6, 6.07) is 40.7. The van der Waals surface area contributed by atoms with Gasteiger partial charge in [0.05, 0.1) is 0 Å². The molecule has 0 spiro atoms. The summed E-state index contributed by atoms with van der Waals surface area (Å²) in [6.45, 7) is 3.63. The average molecular weight is 383 g/mol. The number of alkyl halides is 1. The minimum Gasteiger partial charge on any atom is -0.104 e. The van der Waals surface area contributed by atoms with Gasteiger partial charge in [-0.15, -0.1) is 11.6 Å². The van der Waals surface area contributed by atoms with Crippen LogP contribution in [0.15, 0.2) is 128 Å². The Morgan fingerprint density at radius 2 is 0.786 bits per heavy atom. The van der Waals surface area contributed by atoms with Crippen LogP contribution in [0.25, 0.3) is 6.08 Å². The fraction of sp³-hybridized carbons (Fsp3) is 0.0370. The molecule has 0 aliphatic carbocycles. The molecule has 138 valence electrons. The van der Waals surface area contributed by atoms with Gasteiger partial charge in [0.2, 0.25) is 0 Å². The first kappa shape index (κ1) is 19.7. The van der Waals surface area contributed by atoms with E-state index < -0.39 is 4.87 Å². The van der Waals surface area contributed by atoms with E-state index in [1.54, 1.807) is 0 Å². The van der Waals surface area contributed by atoms with Gasteiger partial charge in [0, 0.05) is 0 Å². The molecule has 0 aliphatic heterocycles. The van der Waals surface area contributed by atoms with Crippen LogP contribution in [0.4, 0.5) is 0 Å². The predicted octanol–water partition coefficient (Wildman–Crippen LogP) is 7.55. The second-order valence-corrected chi connectivity index (χ2v) is 6.94. The molecule has 0 N–H and O–H groups in total. The van der Waals surface area contributed by atoms with E-state index in [1.165, 1.54) is 5.56 Å². The first-order valence-corrected chi connectivity index (χ1v) is 9.66. The second kappa shape index (κ2) is 9.73. The van der Waals surface area contributed by atoms with Crippen LogP contribution in [0.3, 0.4) is 0 Å². The largest absolute Gasteiger partial charge is 0.119 e. The molecule has 0 saturated heterocycles. The summed E-state index contributed by atoms with van der Waals surface area (Å²) >= 11 is 7.12. The van der Waals surface area contributed by atoms with E-state index in [-0.39, 0.29) is 0 Å². The number of benzene rings is 4. The predicted molar refractivity (Wildman–Crippen MR) is 122 cm³/mol. The van der Waals surface area contributed by atoms with E-state index in [2.05, 4.69) is 43.0 Å². The van der Waals surface area contributed by atoms with Crippen molar-refractivity contribution >= 4 is 17.7 Å². The van der Waals surface area contributed by atoms with Crippen molar-refractivity contribution in [3.05, 3.63) is 150 Å². The highest BCUT2D eigenvalue weighted by Crippen LogP contribution is 2.42. The third-order valence-electron chi connectivity index (χ3n) is 4.55. The third kappa shape index (κ3) is 4.60. The summed E-state index contributed by atoms with van der Waals surface area (Å²) in [6.07, 6.45) is 1.83. The van der Waals surface area contributed by atoms with Gasteiger partial charge in [0.1, 0.15) is 4.87 Å².